The number of rotatable bonds is 3. The quantitative estimate of drug-likeness (QED) is 0.843. The first-order chi connectivity index (χ1) is 9.23. The van der Waals surface area contributed by atoms with Gasteiger partial charge in [-0.2, -0.15) is 0 Å². The van der Waals surface area contributed by atoms with Crippen LogP contribution in [0.2, 0.25) is 0 Å². The Morgan fingerprint density at radius 1 is 1.30 bits per heavy atom. The molecule has 0 saturated heterocycles. The van der Waals surface area contributed by atoms with E-state index in [1.165, 1.54) is 0 Å². The lowest BCUT2D eigenvalue weighted by atomic mass is 10.0. The number of nitrogens with one attached hydrogen (secondary N) is 2. The van der Waals surface area contributed by atoms with Crippen LogP contribution in [-0.4, -0.2) is 23.2 Å². The van der Waals surface area contributed by atoms with Crippen molar-refractivity contribution >= 4 is 40.7 Å². The molecule has 0 radical (unpaired) electrons. The average Bonchev–Trinajstić information content (AvgIpc) is 2.91. The molecule has 2 rings (SSSR count). The minimum atomic E-state index is -1.01. The van der Waals surface area contributed by atoms with Gasteiger partial charge in [0, 0.05) is 18.3 Å². The number of amides is 2. The predicted molar refractivity (Wildman–Crippen MR) is 80.4 cm³/mol. The fourth-order valence-corrected chi connectivity index (χ4v) is 2.76. The summed E-state index contributed by atoms with van der Waals surface area (Å²) < 4.78 is -1.01. The van der Waals surface area contributed by atoms with E-state index in [9.17, 15) is 9.59 Å². The van der Waals surface area contributed by atoms with E-state index < -0.39 is 9.75 Å². The van der Waals surface area contributed by atoms with Gasteiger partial charge in [0.2, 0.25) is 5.91 Å². The topological polar surface area (TPSA) is 58.2 Å². The summed E-state index contributed by atoms with van der Waals surface area (Å²) in [6, 6.07) is 5.17. The fraction of sp³-hybridized carbons (Fsp3) is 0.429. The van der Waals surface area contributed by atoms with Crippen LogP contribution in [0.1, 0.15) is 29.3 Å². The van der Waals surface area contributed by atoms with E-state index in [-0.39, 0.29) is 11.8 Å². The van der Waals surface area contributed by atoms with Gasteiger partial charge < -0.3 is 10.6 Å². The zero-order valence-corrected chi connectivity index (χ0v) is 13.0. The van der Waals surface area contributed by atoms with Crippen molar-refractivity contribution in [3.63, 3.8) is 0 Å². The summed E-state index contributed by atoms with van der Waals surface area (Å²) in [6.45, 7) is 3.50. The summed E-state index contributed by atoms with van der Waals surface area (Å²) in [5.74, 6) is -0.431. The van der Waals surface area contributed by atoms with Crippen LogP contribution in [0.3, 0.4) is 0 Å². The van der Waals surface area contributed by atoms with E-state index in [0.717, 1.165) is 0 Å². The second kappa shape index (κ2) is 4.93. The van der Waals surface area contributed by atoms with Crippen LogP contribution in [0.15, 0.2) is 18.2 Å². The van der Waals surface area contributed by atoms with Crippen molar-refractivity contribution in [1.82, 2.24) is 5.32 Å². The SMILES string of the molecule is CNC(=O)c1cccc(NC(=O)[C@]2(C)CC2(Cl)Cl)c1C. The first kappa shape index (κ1) is 15.1. The maximum absolute atomic E-state index is 12.2. The molecule has 2 N–H and O–H groups in total. The molecule has 0 aromatic heterocycles. The van der Waals surface area contributed by atoms with Crippen LogP contribution in [0.25, 0.3) is 0 Å². The third-order valence-corrected chi connectivity index (χ3v) is 4.91. The van der Waals surface area contributed by atoms with E-state index in [4.69, 9.17) is 23.2 Å². The molecule has 1 aliphatic rings. The Bertz CT molecular complexity index is 587. The zero-order chi connectivity index (χ0) is 15.1. The number of hydrogen-bond acceptors (Lipinski definition) is 2. The van der Waals surface area contributed by atoms with Crippen molar-refractivity contribution in [1.29, 1.82) is 0 Å². The molecule has 0 heterocycles. The third kappa shape index (κ3) is 2.38. The van der Waals surface area contributed by atoms with Crippen LogP contribution < -0.4 is 10.6 Å². The summed E-state index contributed by atoms with van der Waals surface area (Å²) in [4.78, 5) is 24.0. The standard InChI is InChI=1S/C14H16Cl2N2O2/c1-8-9(11(19)17-3)5-4-6-10(8)18-12(20)13(2)7-14(13,15)16/h4-6H,7H2,1-3H3,(H,17,19)(H,18,20)/t13-/m0/s1. The molecule has 1 atom stereocenters. The molecule has 0 bridgehead atoms. The number of alkyl halides is 2. The Labute approximate surface area is 127 Å². The van der Waals surface area contributed by atoms with Crippen molar-refractivity contribution < 1.29 is 9.59 Å². The molecular weight excluding hydrogens is 299 g/mol. The van der Waals surface area contributed by atoms with E-state index in [1.807, 2.05) is 0 Å². The molecule has 0 unspecified atom stereocenters. The van der Waals surface area contributed by atoms with E-state index in [0.29, 0.717) is 23.2 Å². The second-order valence-electron chi connectivity index (χ2n) is 5.22. The van der Waals surface area contributed by atoms with Gasteiger partial charge in [-0.3, -0.25) is 9.59 Å². The second-order valence-corrected chi connectivity index (χ2v) is 6.71. The Kier molecular flexibility index (Phi) is 3.73. The van der Waals surface area contributed by atoms with E-state index in [1.54, 1.807) is 39.1 Å². The summed E-state index contributed by atoms with van der Waals surface area (Å²) in [7, 11) is 1.56. The molecule has 108 valence electrons. The summed E-state index contributed by atoms with van der Waals surface area (Å²) in [5, 5.41) is 5.36. The Hall–Kier alpha value is -1.26. The van der Waals surface area contributed by atoms with Crippen LogP contribution in [0, 0.1) is 12.3 Å². The average molecular weight is 315 g/mol. The van der Waals surface area contributed by atoms with Crippen molar-refractivity contribution in [3.05, 3.63) is 29.3 Å². The van der Waals surface area contributed by atoms with Gasteiger partial charge in [0.25, 0.3) is 5.91 Å². The van der Waals surface area contributed by atoms with Gasteiger partial charge in [-0.25, -0.2) is 0 Å². The first-order valence-corrected chi connectivity index (χ1v) is 6.99. The summed E-state index contributed by atoms with van der Waals surface area (Å²) >= 11 is 12.0. The lowest BCUT2D eigenvalue weighted by Gasteiger charge is -2.15. The molecule has 2 amide bonds. The van der Waals surface area contributed by atoms with Gasteiger partial charge in [0.1, 0.15) is 4.33 Å². The highest BCUT2D eigenvalue weighted by Crippen LogP contribution is 2.64. The molecule has 0 aliphatic heterocycles. The van der Waals surface area contributed by atoms with Gasteiger partial charge in [-0.15, -0.1) is 23.2 Å². The minimum Gasteiger partial charge on any atom is -0.355 e. The van der Waals surface area contributed by atoms with Crippen LogP contribution in [0.5, 0.6) is 0 Å². The molecular formula is C14H16Cl2N2O2. The molecule has 4 nitrogen and oxygen atoms in total. The monoisotopic (exact) mass is 314 g/mol. The summed E-state index contributed by atoms with van der Waals surface area (Å²) in [6.07, 6.45) is 0.420. The van der Waals surface area contributed by atoms with E-state index >= 15 is 0 Å². The predicted octanol–water partition coefficient (Wildman–Crippen LogP) is 2.88. The molecule has 1 saturated carbocycles. The number of hydrogen-bond donors (Lipinski definition) is 2. The molecule has 1 fully saturated rings. The number of benzene rings is 1. The van der Waals surface area contributed by atoms with Crippen molar-refractivity contribution in [2.75, 3.05) is 12.4 Å². The fourth-order valence-electron chi connectivity index (χ4n) is 2.06. The van der Waals surface area contributed by atoms with Gasteiger partial charge in [-0.05, 0) is 38.0 Å². The first-order valence-electron chi connectivity index (χ1n) is 6.24. The number of carbonyl (C=O) groups is 2. The van der Waals surface area contributed by atoms with Crippen molar-refractivity contribution in [3.8, 4) is 0 Å². The van der Waals surface area contributed by atoms with Crippen molar-refractivity contribution in [2.24, 2.45) is 5.41 Å². The highest BCUT2D eigenvalue weighted by Gasteiger charge is 2.67. The van der Waals surface area contributed by atoms with Gasteiger partial charge in [0.05, 0.1) is 5.41 Å². The molecule has 20 heavy (non-hydrogen) atoms. The number of anilines is 1. The summed E-state index contributed by atoms with van der Waals surface area (Å²) in [5.41, 5.74) is 1.03. The van der Waals surface area contributed by atoms with E-state index in [2.05, 4.69) is 10.6 Å². The third-order valence-electron chi connectivity index (χ3n) is 3.81. The van der Waals surface area contributed by atoms with Crippen LogP contribution in [0.4, 0.5) is 5.69 Å². The molecule has 1 aliphatic carbocycles. The largest absolute Gasteiger partial charge is 0.355 e. The maximum Gasteiger partial charge on any atom is 0.251 e. The molecule has 0 spiro atoms. The van der Waals surface area contributed by atoms with Gasteiger partial charge in [0.15, 0.2) is 0 Å². The zero-order valence-electron chi connectivity index (χ0n) is 11.5. The lowest BCUT2D eigenvalue weighted by molar-refractivity contribution is -0.120. The number of halogens is 2. The van der Waals surface area contributed by atoms with Crippen molar-refractivity contribution in [2.45, 2.75) is 24.6 Å². The van der Waals surface area contributed by atoms with Crippen LogP contribution >= 0.6 is 23.2 Å². The number of carbonyl (C=O) groups excluding carboxylic acids is 2. The molecule has 1 aromatic carbocycles. The molecule has 1 aromatic rings. The minimum absolute atomic E-state index is 0.194. The normalized spacial score (nSPS) is 23.1. The lowest BCUT2D eigenvalue weighted by Crippen LogP contribution is -2.27. The van der Waals surface area contributed by atoms with Gasteiger partial charge in [-0.1, -0.05) is 6.07 Å². The molecule has 6 heteroatoms. The highest BCUT2D eigenvalue weighted by molar-refractivity contribution is 6.53. The Morgan fingerprint density at radius 2 is 1.90 bits per heavy atom. The van der Waals surface area contributed by atoms with Crippen LogP contribution in [-0.2, 0) is 4.79 Å². The Morgan fingerprint density at radius 3 is 2.40 bits per heavy atom. The maximum atomic E-state index is 12.2. The highest BCUT2D eigenvalue weighted by atomic mass is 35.5. The van der Waals surface area contributed by atoms with Gasteiger partial charge >= 0.3 is 0 Å². The Balaban J connectivity index is 2.23. The smallest absolute Gasteiger partial charge is 0.251 e.